The molecule has 1 aromatic rings. The number of rotatable bonds is 4. The Balaban J connectivity index is 2.15. The maximum absolute atomic E-state index is 5.30. The van der Waals surface area contributed by atoms with Crippen LogP contribution >= 0.6 is 11.5 Å². The zero-order valence-electron chi connectivity index (χ0n) is 5.58. The Bertz CT molecular complexity index is 162. The van der Waals surface area contributed by atoms with E-state index in [-0.39, 0.29) is 0 Å². The van der Waals surface area contributed by atoms with E-state index >= 15 is 0 Å². The molecule has 4 nitrogen and oxygen atoms in total. The van der Waals surface area contributed by atoms with Gasteiger partial charge in [0.1, 0.15) is 6.33 Å². The van der Waals surface area contributed by atoms with Crippen LogP contribution in [0, 0.1) is 0 Å². The first-order chi connectivity index (χ1) is 4.93. The molecule has 0 aliphatic carbocycles. The third-order valence-electron chi connectivity index (χ3n) is 1.02. The predicted octanol–water partition coefficient (Wildman–Crippen LogP) is 0.299. The third-order valence-corrected chi connectivity index (χ3v) is 1.64. The van der Waals surface area contributed by atoms with Crippen LogP contribution in [0.5, 0.6) is 0 Å². The molecule has 0 fully saturated rings. The first kappa shape index (κ1) is 7.43. The van der Waals surface area contributed by atoms with Crippen molar-refractivity contribution in [3.05, 3.63) is 6.33 Å². The van der Waals surface area contributed by atoms with E-state index < -0.39 is 0 Å². The van der Waals surface area contributed by atoms with Crippen LogP contribution in [0.4, 0.5) is 5.13 Å². The van der Waals surface area contributed by atoms with Crippen molar-refractivity contribution in [3.8, 4) is 0 Å². The van der Waals surface area contributed by atoms with E-state index in [1.807, 2.05) is 0 Å². The lowest BCUT2D eigenvalue weighted by molar-refractivity contribution is 0.873. The molecular formula is C5H10N4S. The summed E-state index contributed by atoms with van der Waals surface area (Å²) in [4.78, 5) is 3.94. The van der Waals surface area contributed by atoms with E-state index in [0.717, 1.165) is 18.1 Å². The molecule has 0 atom stereocenters. The van der Waals surface area contributed by atoms with Crippen molar-refractivity contribution in [2.24, 2.45) is 5.73 Å². The van der Waals surface area contributed by atoms with Crippen molar-refractivity contribution < 1.29 is 0 Å². The van der Waals surface area contributed by atoms with Crippen molar-refractivity contribution >= 4 is 16.7 Å². The average Bonchev–Trinajstić information content (AvgIpc) is 2.41. The summed E-state index contributed by atoms with van der Waals surface area (Å²) in [5, 5.41) is 3.96. The van der Waals surface area contributed by atoms with Crippen molar-refractivity contribution in [3.63, 3.8) is 0 Å². The van der Waals surface area contributed by atoms with Gasteiger partial charge in [0.15, 0.2) is 0 Å². The van der Waals surface area contributed by atoms with Gasteiger partial charge in [-0.3, -0.25) is 0 Å². The van der Waals surface area contributed by atoms with Gasteiger partial charge in [-0.2, -0.15) is 4.37 Å². The average molecular weight is 158 g/mol. The highest BCUT2D eigenvalue weighted by Gasteiger charge is 1.91. The van der Waals surface area contributed by atoms with E-state index in [0.29, 0.717) is 6.54 Å². The van der Waals surface area contributed by atoms with Gasteiger partial charge in [-0.15, -0.1) is 0 Å². The van der Waals surface area contributed by atoms with E-state index in [2.05, 4.69) is 14.7 Å². The molecule has 0 unspecified atom stereocenters. The number of hydrogen-bond acceptors (Lipinski definition) is 5. The van der Waals surface area contributed by atoms with Crippen LogP contribution < -0.4 is 11.1 Å². The summed E-state index contributed by atoms with van der Waals surface area (Å²) in [6, 6.07) is 0. The van der Waals surface area contributed by atoms with Gasteiger partial charge in [-0.1, -0.05) is 0 Å². The van der Waals surface area contributed by atoms with Gasteiger partial charge in [-0.05, 0) is 13.0 Å². The minimum atomic E-state index is 0.714. The van der Waals surface area contributed by atoms with Gasteiger partial charge in [0.05, 0.1) is 0 Å². The lowest BCUT2D eigenvalue weighted by atomic mass is 10.4. The molecule has 0 spiro atoms. The highest BCUT2D eigenvalue weighted by Crippen LogP contribution is 2.05. The summed E-state index contributed by atoms with van der Waals surface area (Å²) in [6.07, 6.45) is 2.51. The highest BCUT2D eigenvalue weighted by molar-refractivity contribution is 7.09. The monoisotopic (exact) mass is 158 g/mol. The smallest absolute Gasteiger partial charge is 0.202 e. The third kappa shape index (κ3) is 2.28. The molecule has 10 heavy (non-hydrogen) atoms. The van der Waals surface area contributed by atoms with Crippen LogP contribution in [-0.4, -0.2) is 22.4 Å². The maximum atomic E-state index is 5.30. The van der Waals surface area contributed by atoms with Gasteiger partial charge >= 0.3 is 0 Å². The van der Waals surface area contributed by atoms with Crippen LogP contribution in [0.15, 0.2) is 6.33 Å². The van der Waals surface area contributed by atoms with Crippen LogP contribution in [0.2, 0.25) is 0 Å². The topological polar surface area (TPSA) is 63.8 Å². The van der Waals surface area contributed by atoms with Crippen LogP contribution in [0.1, 0.15) is 6.42 Å². The SMILES string of the molecule is NCCCNc1ncns1. The Morgan fingerprint density at radius 3 is 3.20 bits per heavy atom. The molecule has 0 aliphatic rings. The molecule has 56 valence electrons. The first-order valence-corrected chi connectivity index (χ1v) is 3.91. The second-order valence-electron chi connectivity index (χ2n) is 1.82. The zero-order valence-corrected chi connectivity index (χ0v) is 6.40. The van der Waals surface area contributed by atoms with Crippen LogP contribution in [-0.2, 0) is 0 Å². The molecule has 0 radical (unpaired) electrons. The minimum absolute atomic E-state index is 0.714. The molecule has 1 rings (SSSR count). The van der Waals surface area contributed by atoms with E-state index in [1.165, 1.54) is 17.9 Å². The van der Waals surface area contributed by atoms with E-state index in [4.69, 9.17) is 5.73 Å². The lowest BCUT2D eigenvalue weighted by Gasteiger charge is -1.97. The number of nitrogens with one attached hydrogen (secondary N) is 1. The summed E-state index contributed by atoms with van der Waals surface area (Å²) < 4.78 is 3.84. The quantitative estimate of drug-likeness (QED) is 0.618. The summed E-state index contributed by atoms with van der Waals surface area (Å²) in [5.74, 6) is 0. The number of anilines is 1. The Kier molecular flexibility index (Phi) is 3.11. The molecule has 0 aliphatic heterocycles. The number of nitrogens with two attached hydrogens (primary N) is 1. The van der Waals surface area contributed by atoms with Gasteiger partial charge in [0.25, 0.3) is 0 Å². The number of nitrogens with zero attached hydrogens (tertiary/aromatic N) is 2. The van der Waals surface area contributed by atoms with Gasteiger partial charge in [0, 0.05) is 18.1 Å². The second kappa shape index (κ2) is 4.19. The van der Waals surface area contributed by atoms with E-state index in [1.54, 1.807) is 0 Å². The molecule has 0 bridgehead atoms. The van der Waals surface area contributed by atoms with E-state index in [9.17, 15) is 0 Å². The van der Waals surface area contributed by atoms with Crippen LogP contribution in [0.25, 0.3) is 0 Å². The van der Waals surface area contributed by atoms with Crippen molar-refractivity contribution in [1.82, 2.24) is 9.36 Å². The summed E-state index contributed by atoms with van der Waals surface area (Å²) in [5.41, 5.74) is 5.30. The fraction of sp³-hybridized carbons (Fsp3) is 0.600. The minimum Gasteiger partial charge on any atom is -0.360 e. The molecule has 0 saturated heterocycles. The zero-order chi connectivity index (χ0) is 7.23. The summed E-state index contributed by atoms with van der Waals surface area (Å²) in [7, 11) is 0. The van der Waals surface area contributed by atoms with Crippen molar-refractivity contribution in [1.29, 1.82) is 0 Å². The molecule has 5 heteroatoms. The Labute approximate surface area is 63.6 Å². The van der Waals surface area contributed by atoms with Gasteiger partial charge in [0.2, 0.25) is 5.13 Å². The lowest BCUT2D eigenvalue weighted by Crippen LogP contribution is -2.07. The number of hydrogen-bond donors (Lipinski definition) is 2. The Morgan fingerprint density at radius 1 is 1.70 bits per heavy atom. The largest absolute Gasteiger partial charge is 0.360 e. The fourth-order valence-electron chi connectivity index (χ4n) is 0.548. The molecule has 3 N–H and O–H groups in total. The predicted molar refractivity (Wildman–Crippen MR) is 42.1 cm³/mol. The Hall–Kier alpha value is -0.680. The molecule has 1 heterocycles. The molecule has 0 amide bonds. The van der Waals surface area contributed by atoms with Crippen molar-refractivity contribution in [2.75, 3.05) is 18.4 Å². The standard InChI is InChI=1S/C5H10N4S/c6-2-1-3-7-5-8-4-9-10-5/h4H,1-3,6H2,(H,7,8,9). The van der Waals surface area contributed by atoms with Crippen LogP contribution in [0.3, 0.4) is 0 Å². The maximum Gasteiger partial charge on any atom is 0.202 e. The highest BCUT2D eigenvalue weighted by atomic mass is 32.1. The summed E-state index contributed by atoms with van der Waals surface area (Å²) >= 11 is 1.36. The van der Waals surface area contributed by atoms with Gasteiger partial charge < -0.3 is 11.1 Å². The van der Waals surface area contributed by atoms with Gasteiger partial charge in [-0.25, -0.2) is 4.98 Å². The molecular weight excluding hydrogens is 148 g/mol. The van der Waals surface area contributed by atoms with Crippen molar-refractivity contribution in [2.45, 2.75) is 6.42 Å². The number of aromatic nitrogens is 2. The molecule has 0 saturated carbocycles. The first-order valence-electron chi connectivity index (χ1n) is 3.14. The fourth-order valence-corrected chi connectivity index (χ4v) is 1.00. The summed E-state index contributed by atoms with van der Waals surface area (Å²) in [6.45, 7) is 1.59. The molecule has 1 aromatic heterocycles. The molecule has 0 aromatic carbocycles. The Morgan fingerprint density at radius 2 is 2.60 bits per heavy atom. The normalized spacial score (nSPS) is 9.70. The second-order valence-corrected chi connectivity index (χ2v) is 2.60.